The summed E-state index contributed by atoms with van der Waals surface area (Å²) in [6.45, 7) is 4.52. The van der Waals surface area contributed by atoms with Crippen LogP contribution < -0.4 is 10.6 Å². The quantitative estimate of drug-likeness (QED) is 0.700. The monoisotopic (exact) mass is 264 g/mol. The van der Waals surface area contributed by atoms with E-state index in [2.05, 4.69) is 34.6 Å². The van der Waals surface area contributed by atoms with Gasteiger partial charge in [-0.1, -0.05) is 0 Å². The molecule has 0 aliphatic carbocycles. The fourth-order valence-corrected chi connectivity index (χ4v) is 1.70. The highest BCUT2D eigenvalue weighted by Crippen LogP contribution is 2.08. The number of unbranched alkanes of at least 4 members (excludes halogenated alkanes) is 1. The zero-order valence-corrected chi connectivity index (χ0v) is 12.1. The summed E-state index contributed by atoms with van der Waals surface area (Å²) in [5, 5.41) is 6.06. The lowest BCUT2D eigenvalue weighted by atomic mass is 10.2. The highest BCUT2D eigenvalue weighted by Gasteiger charge is 2.05. The summed E-state index contributed by atoms with van der Waals surface area (Å²) in [5.41, 5.74) is 1.40. The van der Waals surface area contributed by atoms with E-state index in [0.717, 1.165) is 31.6 Å². The summed E-state index contributed by atoms with van der Waals surface area (Å²) < 4.78 is 0. The molecule has 0 unspecified atom stereocenters. The lowest BCUT2D eigenvalue weighted by molar-refractivity contribution is 0.0951. The molecule has 0 aliphatic heterocycles. The van der Waals surface area contributed by atoms with Gasteiger partial charge in [-0.25, -0.2) is 0 Å². The summed E-state index contributed by atoms with van der Waals surface area (Å²) in [6, 6.07) is 3.67. The van der Waals surface area contributed by atoms with Crippen molar-refractivity contribution >= 4 is 11.6 Å². The van der Waals surface area contributed by atoms with E-state index in [4.69, 9.17) is 0 Å². The zero-order valence-electron chi connectivity index (χ0n) is 12.1. The topological polar surface area (TPSA) is 57.3 Å². The van der Waals surface area contributed by atoms with Crippen LogP contribution in [0.25, 0.3) is 0 Å². The van der Waals surface area contributed by atoms with Crippen molar-refractivity contribution in [1.82, 2.24) is 15.2 Å². The van der Waals surface area contributed by atoms with Gasteiger partial charge in [-0.2, -0.15) is 0 Å². The van der Waals surface area contributed by atoms with Crippen LogP contribution in [0.1, 0.15) is 30.3 Å². The Balaban J connectivity index is 2.38. The number of nitrogens with one attached hydrogen (secondary N) is 2. The minimum absolute atomic E-state index is 0.126. The predicted molar refractivity (Wildman–Crippen MR) is 78.5 cm³/mol. The van der Waals surface area contributed by atoms with E-state index in [9.17, 15) is 4.79 Å². The molecule has 0 atom stereocenters. The second-order valence-corrected chi connectivity index (χ2v) is 4.73. The lowest BCUT2D eigenvalue weighted by Gasteiger charge is -2.10. The van der Waals surface area contributed by atoms with Gasteiger partial charge in [-0.3, -0.25) is 9.78 Å². The molecule has 0 aromatic carbocycles. The Morgan fingerprint density at radius 3 is 2.84 bits per heavy atom. The minimum Gasteiger partial charge on any atom is -0.385 e. The summed E-state index contributed by atoms with van der Waals surface area (Å²) in [7, 11) is 4.16. The molecule has 0 saturated carbocycles. The van der Waals surface area contributed by atoms with Gasteiger partial charge in [0.15, 0.2) is 0 Å². The second kappa shape index (κ2) is 8.48. The zero-order chi connectivity index (χ0) is 14.1. The first-order chi connectivity index (χ1) is 9.13. The average Bonchev–Trinajstić information content (AvgIpc) is 2.38. The fourth-order valence-electron chi connectivity index (χ4n) is 1.70. The molecule has 0 radical (unpaired) electrons. The molecule has 5 heteroatoms. The first kappa shape index (κ1) is 15.4. The SMILES string of the molecule is CCNC(=O)c1cc(NCCCCN(C)C)ccn1. The summed E-state index contributed by atoms with van der Waals surface area (Å²) in [6.07, 6.45) is 3.93. The molecule has 1 aromatic heterocycles. The highest BCUT2D eigenvalue weighted by atomic mass is 16.1. The maximum Gasteiger partial charge on any atom is 0.269 e. The van der Waals surface area contributed by atoms with Crippen molar-refractivity contribution in [3.8, 4) is 0 Å². The van der Waals surface area contributed by atoms with E-state index in [1.54, 1.807) is 12.3 Å². The van der Waals surface area contributed by atoms with Crippen molar-refractivity contribution in [2.24, 2.45) is 0 Å². The van der Waals surface area contributed by atoms with Crippen LogP contribution in [0.5, 0.6) is 0 Å². The molecule has 1 rings (SSSR count). The van der Waals surface area contributed by atoms with Gasteiger partial charge in [0.05, 0.1) is 0 Å². The number of aromatic nitrogens is 1. The molecule has 1 heterocycles. The Morgan fingerprint density at radius 1 is 1.37 bits per heavy atom. The van der Waals surface area contributed by atoms with Gasteiger partial charge >= 0.3 is 0 Å². The van der Waals surface area contributed by atoms with Crippen molar-refractivity contribution in [2.75, 3.05) is 39.0 Å². The first-order valence-corrected chi connectivity index (χ1v) is 6.76. The number of anilines is 1. The van der Waals surface area contributed by atoms with E-state index in [0.29, 0.717) is 12.2 Å². The molecule has 0 spiro atoms. The molecule has 2 N–H and O–H groups in total. The second-order valence-electron chi connectivity index (χ2n) is 4.73. The molecule has 0 bridgehead atoms. The highest BCUT2D eigenvalue weighted by molar-refractivity contribution is 5.93. The molecule has 0 aliphatic rings. The predicted octanol–water partition coefficient (Wildman–Crippen LogP) is 1.58. The van der Waals surface area contributed by atoms with Crippen LogP contribution in [0.3, 0.4) is 0 Å². The van der Waals surface area contributed by atoms with Crippen molar-refractivity contribution in [3.63, 3.8) is 0 Å². The number of carbonyl (C=O) groups excluding carboxylic acids is 1. The summed E-state index contributed by atoms with van der Waals surface area (Å²) in [5.74, 6) is -0.126. The number of carbonyl (C=O) groups is 1. The molecule has 19 heavy (non-hydrogen) atoms. The van der Waals surface area contributed by atoms with Crippen molar-refractivity contribution in [2.45, 2.75) is 19.8 Å². The third-order valence-electron chi connectivity index (χ3n) is 2.69. The molecule has 5 nitrogen and oxygen atoms in total. The summed E-state index contributed by atoms with van der Waals surface area (Å²) in [4.78, 5) is 17.9. The van der Waals surface area contributed by atoms with Crippen LogP contribution >= 0.6 is 0 Å². The molecule has 106 valence electrons. The van der Waals surface area contributed by atoms with Gasteiger partial charge in [-0.15, -0.1) is 0 Å². The van der Waals surface area contributed by atoms with E-state index < -0.39 is 0 Å². The third-order valence-corrected chi connectivity index (χ3v) is 2.69. The normalized spacial score (nSPS) is 10.5. The lowest BCUT2D eigenvalue weighted by Crippen LogP contribution is -2.23. The number of nitrogens with zero attached hydrogens (tertiary/aromatic N) is 2. The van der Waals surface area contributed by atoms with Gasteiger partial charge < -0.3 is 15.5 Å². The standard InChI is InChI=1S/C14H24N4O/c1-4-15-14(19)13-11-12(7-9-17-13)16-8-5-6-10-18(2)3/h7,9,11H,4-6,8,10H2,1-3H3,(H,15,19)(H,16,17). The van der Waals surface area contributed by atoms with Crippen molar-refractivity contribution in [1.29, 1.82) is 0 Å². The smallest absolute Gasteiger partial charge is 0.269 e. The molecule has 1 aromatic rings. The number of pyridine rings is 1. The van der Waals surface area contributed by atoms with Crippen LogP contribution in [0.15, 0.2) is 18.3 Å². The Hall–Kier alpha value is -1.62. The van der Waals surface area contributed by atoms with Gasteiger partial charge in [0.2, 0.25) is 0 Å². The fraction of sp³-hybridized carbons (Fsp3) is 0.571. The Kier molecular flexibility index (Phi) is 6.89. The minimum atomic E-state index is -0.126. The number of hydrogen-bond acceptors (Lipinski definition) is 4. The van der Waals surface area contributed by atoms with Gasteiger partial charge in [-0.05, 0) is 52.5 Å². The van der Waals surface area contributed by atoms with Crippen LogP contribution in [0, 0.1) is 0 Å². The van der Waals surface area contributed by atoms with E-state index in [1.165, 1.54) is 0 Å². The number of rotatable bonds is 8. The number of amides is 1. The molecule has 0 fully saturated rings. The van der Waals surface area contributed by atoms with Crippen LogP contribution in [0.4, 0.5) is 5.69 Å². The van der Waals surface area contributed by atoms with Crippen molar-refractivity contribution < 1.29 is 4.79 Å². The molecule has 1 amide bonds. The first-order valence-electron chi connectivity index (χ1n) is 6.76. The summed E-state index contributed by atoms with van der Waals surface area (Å²) >= 11 is 0. The molecular formula is C14H24N4O. The van der Waals surface area contributed by atoms with E-state index in [-0.39, 0.29) is 5.91 Å². The Labute approximate surface area is 115 Å². The average molecular weight is 264 g/mol. The van der Waals surface area contributed by atoms with Gasteiger partial charge in [0.1, 0.15) is 5.69 Å². The van der Waals surface area contributed by atoms with Crippen molar-refractivity contribution in [3.05, 3.63) is 24.0 Å². The maximum atomic E-state index is 11.6. The largest absolute Gasteiger partial charge is 0.385 e. The molecule has 0 saturated heterocycles. The van der Waals surface area contributed by atoms with E-state index in [1.807, 2.05) is 13.0 Å². The Bertz CT molecular complexity index is 393. The van der Waals surface area contributed by atoms with Gasteiger partial charge in [0, 0.05) is 25.0 Å². The van der Waals surface area contributed by atoms with Crippen LogP contribution in [-0.2, 0) is 0 Å². The maximum absolute atomic E-state index is 11.6. The van der Waals surface area contributed by atoms with Gasteiger partial charge in [0.25, 0.3) is 5.91 Å². The van der Waals surface area contributed by atoms with Crippen LogP contribution in [0.2, 0.25) is 0 Å². The number of hydrogen-bond donors (Lipinski definition) is 2. The third kappa shape index (κ3) is 6.20. The Morgan fingerprint density at radius 2 is 2.16 bits per heavy atom. The molecular weight excluding hydrogens is 240 g/mol. The van der Waals surface area contributed by atoms with Crippen LogP contribution in [-0.4, -0.2) is 49.5 Å². The van der Waals surface area contributed by atoms with E-state index >= 15 is 0 Å².